The molecule has 2 aromatic carbocycles. The number of hydrogen-bond donors (Lipinski definition) is 0. The van der Waals surface area contributed by atoms with Crippen LogP contribution in [0.4, 0.5) is 10.1 Å². The van der Waals surface area contributed by atoms with Crippen molar-refractivity contribution in [1.29, 1.82) is 0 Å². The highest BCUT2D eigenvalue weighted by Gasteiger charge is 2.23. The summed E-state index contributed by atoms with van der Waals surface area (Å²) in [5, 5.41) is 0.406. The Hall–Kier alpha value is -2.40. The first kappa shape index (κ1) is 18.4. The van der Waals surface area contributed by atoms with E-state index in [0.29, 0.717) is 42.5 Å². The minimum absolute atomic E-state index is 0.0569. The smallest absolute Gasteiger partial charge is 0.223 e. The zero-order chi connectivity index (χ0) is 18.5. The molecule has 1 fully saturated rings. The molecule has 0 spiro atoms. The van der Waals surface area contributed by atoms with Crippen molar-refractivity contribution in [2.75, 3.05) is 31.1 Å². The van der Waals surface area contributed by atoms with E-state index in [1.807, 2.05) is 4.90 Å². The van der Waals surface area contributed by atoms with Crippen LogP contribution in [-0.4, -0.2) is 42.8 Å². The van der Waals surface area contributed by atoms with Gasteiger partial charge in [0.15, 0.2) is 5.78 Å². The highest BCUT2D eigenvalue weighted by molar-refractivity contribution is 6.34. The van der Waals surface area contributed by atoms with Crippen molar-refractivity contribution < 1.29 is 14.0 Å². The Labute approximate surface area is 157 Å². The van der Waals surface area contributed by atoms with Crippen molar-refractivity contribution in [2.45, 2.75) is 12.8 Å². The van der Waals surface area contributed by atoms with Crippen LogP contribution >= 0.6 is 11.6 Å². The zero-order valence-corrected chi connectivity index (χ0v) is 15.1. The molecule has 0 aliphatic carbocycles. The van der Waals surface area contributed by atoms with Crippen LogP contribution in [0.3, 0.4) is 0 Å². The van der Waals surface area contributed by atoms with Gasteiger partial charge in [-0.2, -0.15) is 0 Å². The number of ketones is 1. The van der Waals surface area contributed by atoms with E-state index in [0.717, 1.165) is 0 Å². The first-order valence-electron chi connectivity index (χ1n) is 8.61. The number of nitrogens with zero attached hydrogens (tertiary/aromatic N) is 2. The van der Waals surface area contributed by atoms with Gasteiger partial charge < -0.3 is 9.80 Å². The molecule has 1 aliphatic rings. The van der Waals surface area contributed by atoms with Crippen LogP contribution in [0, 0.1) is 5.82 Å². The molecule has 0 N–H and O–H groups in total. The van der Waals surface area contributed by atoms with Crippen LogP contribution < -0.4 is 4.90 Å². The van der Waals surface area contributed by atoms with E-state index in [-0.39, 0.29) is 30.3 Å². The van der Waals surface area contributed by atoms with Gasteiger partial charge in [-0.25, -0.2) is 4.39 Å². The fourth-order valence-electron chi connectivity index (χ4n) is 3.11. The maximum atomic E-state index is 13.9. The minimum Gasteiger partial charge on any atom is -0.366 e. The van der Waals surface area contributed by atoms with Crippen molar-refractivity contribution >= 4 is 29.0 Å². The molecule has 0 atom stereocenters. The number of rotatable bonds is 5. The predicted octanol–water partition coefficient (Wildman–Crippen LogP) is 3.79. The first-order valence-corrected chi connectivity index (χ1v) is 8.99. The van der Waals surface area contributed by atoms with E-state index >= 15 is 0 Å². The van der Waals surface area contributed by atoms with Crippen molar-refractivity contribution in [3.05, 3.63) is 64.9 Å². The second-order valence-electron chi connectivity index (χ2n) is 6.22. The number of benzene rings is 2. The molecule has 0 unspecified atom stereocenters. The third kappa shape index (κ3) is 4.22. The van der Waals surface area contributed by atoms with Crippen LogP contribution in [0.1, 0.15) is 23.2 Å². The monoisotopic (exact) mass is 374 g/mol. The van der Waals surface area contributed by atoms with Gasteiger partial charge in [-0.3, -0.25) is 9.59 Å². The Bertz CT molecular complexity index is 804. The molecule has 1 heterocycles. The molecule has 136 valence electrons. The van der Waals surface area contributed by atoms with Gasteiger partial charge in [0.2, 0.25) is 5.91 Å². The van der Waals surface area contributed by atoms with Gasteiger partial charge in [0.1, 0.15) is 5.82 Å². The summed E-state index contributed by atoms with van der Waals surface area (Å²) in [6.45, 7) is 2.19. The number of anilines is 1. The quantitative estimate of drug-likeness (QED) is 0.747. The Morgan fingerprint density at radius 1 is 0.923 bits per heavy atom. The zero-order valence-electron chi connectivity index (χ0n) is 14.3. The van der Waals surface area contributed by atoms with E-state index in [4.69, 9.17) is 11.6 Å². The van der Waals surface area contributed by atoms with E-state index < -0.39 is 0 Å². The average Bonchev–Trinajstić information content (AvgIpc) is 2.67. The summed E-state index contributed by atoms with van der Waals surface area (Å²) in [5.74, 6) is -0.440. The van der Waals surface area contributed by atoms with Crippen LogP contribution in [0.15, 0.2) is 48.5 Å². The Morgan fingerprint density at radius 2 is 1.58 bits per heavy atom. The number of piperazine rings is 1. The number of hydrogen-bond acceptors (Lipinski definition) is 3. The number of amides is 1. The number of para-hydroxylation sites is 1. The largest absolute Gasteiger partial charge is 0.366 e. The molecule has 0 saturated carbocycles. The average molecular weight is 375 g/mol. The van der Waals surface area contributed by atoms with Crippen LogP contribution in [0.25, 0.3) is 0 Å². The van der Waals surface area contributed by atoms with Gasteiger partial charge >= 0.3 is 0 Å². The number of halogens is 2. The van der Waals surface area contributed by atoms with Crippen molar-refractivity contribution in [3.63, 3.8) is 0 Å². The summed E-state index contributed by atoms with van der Waals surface area (Å²) < 4.78 is 13.9. The Balaban J connectivity index is 1.50. The number of carbonyl (C=O) groups excluding carboxylic acids is 2. The summed E-state index contributed by atoms with van der Waals surface area (Å²) in [6.07, 6.45) is 0.292. The molecule has 0 bridgehead atoms. The molecule has 26 heavy (non-hydrogen) atoms. The lowest BCUT2D eigenvalue weighted by atomic mass is 10.1. The van der Waals surface area contributed by atoms with Crippen molar-refractivity contribution in [2.24, 2.45) is 0 Å². The molecule has 2 aromatic rings. The molecule has 1 amide bonds. The van der Waals surface area contributed by atoms with E-state index in [1.54, 1.807) is 47.4 Å². The van der Waals surface area contributed by atoms with Gasteiger partial charge in [0.05, 0.1) is 10.7 Å². The molecular formula is C20H20ClFN2O2. The summed E-state index contributed by atoms with van der Waals surface area (Å²) in [5.41, 5.74) is 1.01. The molecular weight excluding hydrogens is 355 g/mol. The van der Waals surface area contributed by atoms with E-state index in [1.165, 1.54) is 6.07 Å². The molecule has 0 radical (unpaired) electrons. The lowest BCUT2D eigenvalue weighted by Crippen LogP contribution is -2.49. The normalized spacial score (nSPS) is 14.4. The molecule has 4 nitrogen and oxygen atoms in total. The summed E-state index contributed by atoms with van der Waals surface area (Å²) in [4.78, 5) is 28.3. The van der Waals surface area contributed by atoms with Gasteiger partial charge in [-0.05, 0) is 24.3 Å². The molecule has 6 heteroatoms. The van der Waals surface area contributed by atoms with Crippen molar-refractivity contribution in [1.82, 2.24) is 4.90 Å². The van der Waals surface area contributed by atoms with Crippen molar-refractivity contribution in [3.8, 4) is 0 Å². The third-order valence-electron chi connectivity index (χ3n) is 4.57. The molecule has 1 aliphatic heterocycles. The maximum absolute atomic E-state index is 13.9. The first-order chi connectivity index (χ1) is 12.6. The third-order valence-corrected chi connectivity index (χ3v) is 4.90. The summed E-state index contributed by atoms with van der Waals surface area (Å²) in [7, 11) is 0. The van der Waals surface area contributed by atoms with Gasteiger partial charge in [-0.1, -0.05) is 35.9 Å². The van der Waals surface area contributed by atoms with Crippen LogP contribution in [-0.2, 0) is 4.79 Å². The molecule has 0 aromatic heterocycles. The fourth-order valence-corrected chi connectivity index (χ4v) is 3.35. The Kier molecular flexibility index (Phi) is 5.89. The fraction of sp³-hybridized carbons (Fsp3) is 0.300. The molecule has 1 saturated heterocycles. The Morgan fingerprint density at radius 3 is 2.27 bits per heavy atom. The molecule has 3 rings (SSSR count). The van der Waals surface area contributed by atoms with Gasteiger partial charge in [0.25, 0.3) is 0 Å². The van der Waals surface area contributed by atoms with Crippen LogP contribution in [0.2, 0.25) is 5.02 Å². The lowest BCUT2D eigenvalue weighted by Gasteiger charge is -2.36. The number of carbonyl (C=O) groups is 2. The number of Topliss-reactive ketones (excluding diaryl/α,β-unsaturated/α-hetero) is 1. The SMILES string of the molecule is O=C(CCC(=O)N1CCN(c2ccccc2F)CC1)c1ccccc1Cl. The van der Waals surface area contributed by atoms with E-state index in [9.17, 15) is 14.0 Å². The predicted molar refractivity (Wildman–Crippen MR) is 100 cm³/mol. The second-order valence-corrected chi connectivity index (χ2v) is 6.63. The topological polar surface area (TPSA) is 40.6 Å². The standard InChI is InChI=1S/C20H20ClFN2O2/c21-16-6-2-1-5-15(16)19(25)9-10-20(26)24-13-11-23(12-14-24)18-8-4-3-7-17(18)22/h1-8H,9-14H2. The minimum atomic E-state index is -0.252. The highest BCUT2D eigenvalue weighted by Crippen LogP contribution is 2.21. The summed E-state index contributed by atoms with van der Waals surface area (Å²) in [6, 6.07) is 13.5. The lowest BCUT2D eigenvalue weighted by molar-refractivity contribution is -0.131. The summed E-state index contributed by atoms with van der Waals surface area (Å²) >= 11 is 6.02. The highest BCUT2D eigenvalue weighted by atomic mass is 35.5. The van der Waals surface area contributed by atoms with Gasteiger partial charge in [0, 0.05) is 44.6 Å². The second kappa shape index (κ2) is 8.32. The van der Waals surface area contributed by atoms with Crippen LogP contribution in [0.5, 0.6) is 0 Å². The maximum Gasteiger partial charge on any atom is 0.223 e. The van der Waals surface area contributed by atoms with E-state index in [2.05, 4.69) is 0 Å². The van der Waals surface area contributed by atoms with Gasteiger partial charge in [-0.15, -0.1) is 0 Å².